The lowest BCUT2D eigenvalue weighted by Gasteiger charge is -2.23. The van der Waals surface area contributed by atoms with Crippen molar-refractivity contribution in [3.05, 3.63) is 35.9 Å². The molecule has 0 aliphatic heterocycles. The number of alkyl halides is 2. The van der Waals surface area contributed by atoms with Gasteiger partial charge in [-0.25, -0.2) is 9.18 Å². The number of rotatable bonds is 5. The molecule has 0 saturated heterocycles. The van der Waals surface area contributed by atoms with Crippen LogP contribution in [0.3, 0.4) is 0 Å². The summed E-state index contributed by atoms with van der Waals surface area (Å²) in [5, 5.41) is 9.14. The zero-order valence-corrected chi connectivity index (χ0v) is 9.75. The molecule has 0 amide bonds. The smallest absolute Gasteiger partial charge is 0.329 e. The van der Waals surface area contributed by atoms with E-state index in [4.69, 9.17) is 16.7 Å². The monoisotopic (exact) mass is 244 g/mol. The second-order valence-electron chi connectivity index (χ2n) is 3.79. The van der Waals surface area contributed by atoms with E-state index in [1.54, 1.807) is 30.3 Å². The molecule has 2 nitrogen and oxygen atoms in total. The molecule has 2 unspecified atom stereocenters. The maximum atomic E-state index is 12.8. The van der Waals surface area contributed by atoms with Crippen LogP contribution in [0.2, 0.25) is 0 Å². The van der Waals surface area contributed by atoms with Crippen LogP contribution in [0.4, 0.5) is 4.39 Å². The van der Waals surface area contributed by atoms with Crippen LogP contribution in [0.25, 0.3) is 0 Å². The Morgan fingerprint density at radius 3 is 2.50 bits per heavy atom. The van der Waals surface area contributed by atoms with Gasteiger partial charge in [-0.3, -0.25) is 0 Å². The van der Waals surface area contributed by atoms with Gasteiger partial charge in [0.15, 0.2) is 4.87 Å². The summed E-state index contributed by atoms with van der Waals surface area (Å²) < 4.78 is 12.8. The normalized spacial score (nSPS) is 16.4. The molecule has 0 aliphatic carbocycles. The molecule has 0 aliphatic rings. The van der Waals surface area contributed by atoms with Crippen LogP contribution in [0, 0.1) is 0 Å². The molecular formula is C12H14ClFO2. The highest BCUT2D eigenvalue weighted by molar-refractivity contribution is 6.33. The minimum absolute atomic E-state index is 0.0750. The average Bonchev–Trinajstić information content (AvgIpc) is 2.26. The van der Waals surface area contributed by atoms with Crippen LogP contribution < -0.4 is 0 Å². The molecule has 88 valence electrons. The van der Waals surface area contributed by atoms with Crippen LogP contribution in [0.1, 0.15) is 25.3 Å². The van der Waals surface area contributed by atoms with Gasteiger partial charge < -0.3 is 5.11 Å². The minimum Gasteiger partial charge on any atom is -0.480 e. The maximum absolute atomic E-state index is 12.8. The minimum atomic E-state index is -1.53. The van der Waals surface area contributed by atoms with Gasteiger partial charge >= 0.3 is 5.97 Å². The number of carboxylic acid groups (broad SMARTS) is 1. The van der Waals surface area contributed by atoms with Gasteiger partial charge in [-0.05, 0) is 25.3 Å². The quantitative estimate of drug-likeness (QED) is 0.807. The first-order chi connectivity index (χ1) is 7.47. The molecule has 0 bridgehead atoms. The highest BCUT2D eigenvalue weighted by Gasteiger charge is 2.38. The summed E-state index contributed by atoms with van der Waals surface area (Å²) in [6, 6.07) is 8.50. The molecular weight excluding hydrogens is 231 g/mol. The van der Waals surface area contributed by atoms with Crippen molar-refractivity contribution < 1.29 is 14.3 Å². The van der Waals surface area contributed by atoms with Crippen molar-refractivity contribution in [2.75, 3.05) is 0 Å². The first-order valence-corrected chi connectivity index (χ1v) is 5.46. The van der Waals surface area contributed by atoms with Crippen LogP contribution >= 0.6 is 11.6 Å². The first kappa shape index (κ1) is 13.0. The molecule has 1 rings (SSSR count). The molecule has 1 aromatic rings. The van der Waals surface area contributed by atoms with Crippen LogP contribution in [0.5, 0.6) is 0 Å². The van der Waals surface area contributed by atoms with Gasteiger partial charge in [-0.2, -0.15) is 0 Å². The van der Waals surface area contributed by atoms with Crippen molar-refractivity contribution in [3.8, 4) is 0 Å². The average molecular weight is 245 g/mol. The fourth-order valence-electron chi connectivity index (χ4n) is 1.47. The fourth-order valence-corrected chi connectivity index (χ4v) is 1.71. The van der Waals surface area contributed by atoms with Crippen LogP contribution in [-0.4, -0.2) is 17.2 Å². The molecule has 0 radical (unpaired) electrons. The third-order valence-electron chi connectivity index (χ3n) is 2.46. The lowest BCUT2D eigenvalue weighted by molar-refractivity contribution is -0.140. The Bertz CT molecular complexity index is 353. The second kappa shape index (κ2) is 5.30. The van der Waals surface area contributed by atoms with Gasteiger partial charge in [-0.15, -0.1) is 11.6 Å². The summed E-state index contributed by atoms with van der Waals surface area (Å²) in [5.74, 6) is -1.14. The maximum Gasteiger partial charge on any atom is 0.329 e. The lowest BCUT2D eigenvalue weighted by Crippen LogP contribution is -2.30. The van der Waals surface area contributed by atoms with Crippen LogP contribution in [-0.2, 0) is 9.67 Å². The molecule has 0 aromatic heterocycles. The number of benzene rings is 1. The summed E-state index contributed by atoms with van der Waals surface area (Å²) in [6.07, 6.45) is -0.850. The third kappa shape index (κ3) is 2.95. The molecule has 4 heteroatoms. The molecule has 0 heterocycles. The zero-order valence-electron chi connectivity index (χ0n) is 8.99. The van der Waals surface area contributed by atoms with Gasteiger partial charge in [0.25, 0.3) is 0 Å². The first-order valence-electron chi connectivity index (χ1n) is 5.08. The van der Waals surface area contributed by atoms with Crippen LogP contribution in [0.15, 0.2) is 30.3 Å². The topological polar surface area (TPSA) is 37.3 Å². The van der Waals surface area contributed by atoms with E-state index in [-0.39, 0.29) is 12.8 Å². The van der Waals surface area contributed by atoms with Crippen molar-refractivity contribution in [2.45, 2.75) is 30.8 Å². The van der Waals surface area contributed by atoms with E-state index >= 15 is 0 Å². The summed E-state index contributed by atoms with van der Waals surface area (Å²) >= 11 is 6.08. The number of hydrogen-bond acceptors (Lipinski definition) is 1. The van der Waals surface area contributed by atoms with Crippen molar-refractivity contribution in [3.63, 3.8) is 0 Å². The Balaban J connectivity index is 2.93. The van der Waals surface area contributed by atoms with Gasteiger partial charge in [0.05, 0.1) is 6.17 Å². The predicted octanol–water partition coefficient (Wildman–Crippen LogP) is 3.34. The summed E-state index contributed by atoms with van der Waals surface area (Å²) in [5.41, 5.74) is 0.491. The molecule has 1 N–H and O–H groups in total. The lowest BCUT2D eigenvalue weighted by atomic mass is 9.92. The molecule has 0 spiro atoms. The number of halogens is 2. The fraction of sp³-hybridized carbons (Fsp3) is 0.417. The molecule has 1 aromatic carbocycles. The standard InChI is InChI=1S/C12H14ClFO2/c1-9(14)7-8-12(13,11(15)16)10-5-3-2-4-6-10/h2-6,9H,7-8H2,1H3,(H,15,16). The van der Waals surface area contributed by atoms with E-state index in [9.17, 15) is 9.18 Å². The van der Waals surface area contributed by atoms with Gasteiger partial charge in [0.1, 0.15) is 0 Å². The number of hydrogen-bond donors (Lipinski definition) is 1. The molecule has 0 saturated carbocycles. The number of aliphatic carboxylic acids is 1. The zero-order chi connectivity index (χ0) is 12.2. The van der Waals surface area contributed by atoms with E-state index in [0.29, 0.717) is 5.56 Å². The Hall–Kier alpha value is -1.09. The number of carbonyl (C=O) groups is 1. The van der Waals surface area contributed by atoms with Crippen molar-refractivity contribution in [1.29, 1.82) is 0 Å². The molecule has 0 fully saturated rings. The van der Waals surface area contributed by atoms with Gasteiger partial charge in [-0.1, -0.05) is 30.3 Å². The Labute approximate surface area is 99.0 Å². The highest BCUT2D eigenvalue weighted by Crippen LogP contribution is 2.35. The van der Waals surface area contributed by atoms with Gasteiger partial charge in [0.2, 0.25) is 0 Å². The van der Waals surface area contributed by atoms with E-state index in [2.05, 4.69) is 0 Å². The summed E-state index contributed by atoms with van der Waals surface area (Å²) in [6.45, 7) is 1.39. The summed E-state index contributed by atoms with van der Waals surface area (Å²) in [4.78, 5) is 9.65. The molecule has 16 heavy (non-hydrogen) atoms. The Kier molecular flexibility index (Phi) is 4.30. The predicted molar refractivity (Wildman–Crippen MR) is 61.4 cm³/mol. The van der Waals surface area contributed by atoms with E-state index in [1.807, 2.05) is 0 Å². The molecule has 2 atom stereocenters. The highest BCUT2D eigenvalue weighted by atomic mass is 35.5. The second-order valence-corrected chi connectivity index (χ2v) is 4.44. The SMILES string of the molecule is CC(F)CCC(Cl)(C(=O)O)c1ccccc1. The van der Waals surface area contributed by atoms with E-state index in [1.165, 1.54) is 6.92 Å². The Morgan fingerprint density at radius 2 is 2.06 bits per heavy atom. The van der Waals surface area contributed by atoms with Crippen molar-refractivity contribution in [2.24, 2.45) is 0 Å². The summed E-state index contributed by atoms with van der Waals surface area (Å²) in [7, 11) is 0. The Morgan fingerprint density at radius 1 is 1.50 bits per heavy atom. The number of carboxylic acids is 1. The largest absolute Gasteiger partial charge is 0.480 e. The van der Waals surface area contributed by atoms with Gasteiger partial charge in [0, 0.05) is 0 Å². The van der Waals surface area contributed by atoms with Crippen molar-refractivity contribution >= 4 is 17.6 Å². The van der Waals surface area contributed by atoms with E-state index in [0.717, 1.165) is 0 Å². The van der Waals surface area contributed by atoms with E-state index < -0.39 is 17.0 Å². The third-order valence-corrected chi connectivity index (χ3v) is 3.03. The van der Waals surface area contributed by atoms with Crippen molar-refractivity contribution in [1.82, 2.24) is 0 Å².